The number of hydrazone groups is 1. The van der Waals surface area contributed by atoms with Gasteiger partial charge in [-0.25, -0.2) is 5.43 Å². The van der Waals surface area contributed by atoms with Crippen molar-refractivity contribution in [1.29, 1.82) is 0 Å². The molecule has 0 aromatic heterocycles. The van der Waals surface area contributed by atoms with Gasteiger partial charge in [0, 0.05) is 12.6 Å². The maximum Gasteiger partial charge on any atom is 0.277 e. The van der Waals surface area contributed by atoms with Gasteiger partial charge in [0.05, 0.1) is 0 Å². The Kier molecular flexibility index (Phi) is 5.72. The number of ether oxygens (including phenoxy) is 1. The summed E-state index contributed by atoms with van der Waals surface area (Å²) in [5.41, 5.74) is 5.82. The number of hydrogen-bond acceptors (Lipinski definition) is 3. The highest BCUT2D eigenvalue weighted by atomic mass is 16.5. The van der Waals surface area contributed by atoms with Gasteiger partial charge in [-0.2, -0.15) is 5.10 Å². The minimum Gasteiger partial charge on any atom is -0.484 e. The molecule has 0 fully saturated rings. The number of nitrogens with zero attached hydrogens (tertiary/aromatic N) is 1. The molecule has 0 aliphatic carbocycles. The third-order valence-corrected chi connectivity index (χ3v) is 3.02. The Morgan fingerprint density at radius 3 is 2.50 bits per heavy atom. The van der Waals surface area contributed by atoms with Crippen LogP contribution in [-0.4, -0.2) is 18.7 Å². The van der Waals surface area contributed by atoms with Gasteiger partial charge >= 0.3 is 0 Å². The van der Waals surface area contributed by atoms with Crippen LogP contribution in [0.5, 0.6) is 5.75 Å². The quantitative estimate of drug-likeness (QED) is 0.658. The van der Waals surface area contributed by atoms with Crippen LogP contribution < -0.4 is 10.2 Å². The Hall–Kier alpha value is -2.62. The third-order valence-electron chi connectivity index (χ3n) is 3.02. The Labute approximate surface area is 130 Å². The third kappa shape index (κ3) is 5.40. The minimum atomic E-state index is -0.275. The molecule has 0 aliphatic rings. The molecule has 114 valence electrons. The first-order valence-corrected chi connectivity index (χ1v) is 7.19. The van der Waals surface area contributed by atoms with Gasteiger partial charge in [-0.05, 0) is 42.7 Å². The molecule has 0 bridgehead atoms. The molecule has 4 heteroatoms. The maximum absolute atomic E-state index is 11.6. The standard InChI is InChI=1S/C18H20N2O2/c1-14-10-15(2)12-17(11-14)22-13-18(21)20-19-9-8-16-6-4-3-5-7-16/h3-7,9-12H,8,13H2,1-2H3,(H,20,21). The van der Waals surface area contributed by atoms with E-state index in [1.807, 2.05) is 56.3 Å². The summed E-state index contributed by atoms with van der Waals surface area (Å²) in [5.74, 6) is 0.421. The second kappa shape index (κ2) is 7.98. The molecule has 2 aromatic rings. The molecular formula is C18H20N2O2. The van der Waals surface area contributed by atoms with Crippen LogP contribution in [-0.2, 0) is 11.2 Å². The Morgan fingerprint density at radius 2 is 1.82 bits per heavy atom. The molecule has 1 amide bonds. The maximum atomic E-state index is 11.6. The van der Waals surface area contributed by atoms with Crippen molar-refractivity contribution in [3.8, 4) is 5.75 Å². The fourth-order valence-electron chi connectivity index (χ4n) is 2.08. The van der Waals surface area contributed by atoms with Crippen LogP contribution in [0, 0.1) is 13.8 Å². The summed E-state index contributed by atoms with van der Waals surface area (Å²) in [5, 5.41) is 3.91. The number of aryl methyl sites for hydroxylation is 2. The Morgan fingerprint density at radius 1 is 1.14 bits per heavy atom. The lowest BCUT2D eigenvalue weighted by molar-refractivity contribution is -0.123. The summed E-state index contributed by atoms with van der Waals surface area (Å²) in [6, 6.07) is 15.8. The zero-order valence-corrected chi connectivity index (χ0v) is 12.9. The molecule has 2 rings (SSSR count). The number of amides is 1. The largest absolute Gasteiger partial charge is 0.484 e. The molecule has 2 aromatic carbocycles. The molecule has 0 saturated heterocycles. The van der Waals surface area contributed by atoms with E-state index in [4.69, 9.17) is 4.74 Å². The zero-order valence-electron chi connectivity index (χ0n) is 12.9. The summed E-state index contributed by atoms with van der Waals surface area (Å²) in [4.78, 5) is 11.6. The van der Waals surface area contributed by atoms with E-state index >= 15 is 0 Å². The topological polar surface area (TPSA) is 50.7 Å². The molecule has 0 spiro atoms. The predicted octanol–water partition coefficient (Wildman–Crippen LogP) is 3.03. The van der Waals surface area contributed by atoms with Crippen LogP contribution >= 0.6 is 0 Å². The van der Waals surface area contributed by atoms with Crippen LogP contribution in [0.2, 0.25) is 0 Å². The van der Waals surface area contributed by atoms with Gasteiger partial charge in [0.1, 0.15) is 5.75 Å². The molecule has 22 heavy (non-hydrogen) atoms. The van der Waals surface area contributed by atoms with Gasteiger partial charge in [-0.1, -0.05) is 36.4 Å². The number of carbonyl (C=O) groups is 1. The van der Waals surface area contributed by atoms with Crippen molar-refractivity contribution in [3.05, 3.63) is 65.2 Å². The lowest BCUT2D eigenvalue weighted by Gasteiger charge is -2.07. The SMILES string of the molecule is Cc1cc(C)cc(OCC(=O)NN=CCc2ccccc2)c1. The van der Waals surface area contributed by atoms with E-state index in [2.05, 4.69) is 16.6 Å². The second-order valence-electron chi connectivity index (χ2n) is 5.15. The van der Waals surface area contributed by atoms with Crippen molar-refractivity contribution >= 4 is 12.1 Å². The molecule has 0 unspecified atom stereocenters. The van der Waals surface area contributed by atoms with Crippen molar-refractivity contribution in [2.45, 2.75) is 20.3 Å². The van der Waals surface area contributed by atoms with Crippen LogP contribution in [0.25, 0.3) is 0 Å². The van der Waals surface area contributed by atoms with E-state index in [1.54, 1.807) is 6.21 Å². The summed E-state index contributed by atoms with van der Waals surface area (Å²) >= 11 is 0. The normalized spacial score (nSPS) is 10.6. The number of nitrogens with one attached hydrogen (secondary N) is 1. The van der Waals surface area contributed by atoms with Gasteiger partial charge in [0.2, 0.25) is 0 Å². The number of rotatable bonds is 6. The van der Waals surface area contributed by atoms with Gasteiger partial charge in [0.25, 0.3) is 5.91 Å². The first kappa shape index (κ1) is 15.8. The fraction of sp³-hybridized carbons (Fsp3) is 0.222. The van der Waals surface area contributed by atoms with Gasteiger partial charge in [-0.3, -0.25) is 4.79 Å². The fourth-order valence-corrected chi connectivity index (χ4v) is 2.08. The summed E-state index contributed by atoms with van der Waals surface area (Å²) in [7, 11) is 0. The van der Waals surface area contributed by atoms with Crippen molar-refractivity contribution in [3.63, 3.8) is 0 Å². The highest BCUT2D eigenvalue weighted by Crippen LogP contribution is 2.15. The molecule has 0 atom stereocenters. The van der Waals surface area contributed by atoms with Crippen LogP contribution in [0.3, 0.4) is 0 Å². The molecule has 1 N–H and O–H groups in total. The van der Waals surface area contributed by atoms with Crippen LogP contribution in [0.15, 0.2) is 53.6 Å². The first-order chi connectivity index (χ1) is 10.6. The number of benzene rings is 2. The van der Waals surface area contributed by atoms with Gasteiger partial charge in [0.15, 0.2) is 6.61 Å². The van der Waals surface area contributed by atoms with Gasteiger partial charge < -0.3 is 4.74 Å². The van der Waals surface area contributed by atoms with Gasteiger partial charge in [-0.15, -0.1) is 0 Å². The Bertz CT molecular complexity index is 631. The highest BCUT2D eigenvalue weighted by molar-refractivity contribution is 5.78. The Balaban J connectivity index is 1.74. The predicted molar refractivity (Wildman–Crippen MR) is 88.2 cm³/mol. The highest BCUT2D eigenvalue weighted by Gasteiger charge is 2.02. The molecule has 0 saturated carbocycles. The molecule has 0 heterocycles. The van der Waals surface area contributed by atoms with E-state index in [-0.39, 0.29) is 12.5 Å². The summed E-state index contributed by atoms with van der Waals surface area (Å²) in [6.45, 7) is 3.94. The number of carbonyl (C=O) groups excluding carboxylic acids is 1. The lowest BCUT2D eigenvalue weighted by atomic mass is 10.1. The van der Waals surface area contributed by atoms with E-state index in [0.717, 1.165) is 16.7 Å². The number of hydrogen-bond donors (Lipinski definition) is 1. The average Bonchev–Trinajstić information content (AvgIpc) is 2.50. The van der Waals surface area contributed by atoms with E-state index in [1.165, 1.54) is 0 Å². The average molecular weight is 296 g/mol. The smallest absolute Gasteiger partial charge is 0.277 e. The second-order valence-corrected chi connectivity index (χ2v) is 5.15. The molecular weight excluding hydrogens is 276 g/mol. The van der Waals surface area contributed by atoms with E-state index in [9.17, 15) is 4.79 Å². The zero-order chi connectivity index (χ0) is 15.8. The van der Waals surface area contributed by atoms with Crippen molar-refractivity contribution in [2.24, 2.45) is 5.10 Å². The summed E-state index contributed by atoms with van der Waals surface area (Å²) < 4.78 is 5.46. The summed E-state index contributed by atoms with van der Waals surface area (Å²) in [6.07, 6.45) is 2.35. The molecule has 4 nitrogen and oxygen atoms in total. The van der Waals surface area contributed by atoms with Crippen molar-refractivity contribution < 1.29 is 9.53 Å². The first-order valence-electron chi connectivity index (χ1n) is 7.19. The monoisotopic (exact) mass is 296 g/mol. The van der Waals surface area contributed by atoms with E-state index < -0.39 is 0 Å². The minimum absolute atomic E-state index is 0.0500. The lowest BCUT2D eigenvalue weighted by Crippen LogP contribution is -2.24. The molecule has 0 radical (unpaired) electrons. The van der Waals surface area contributed by atoms with Crippen molar-refractivity contribution in [1.82, 2.24) is 5.43 Å². The molecule has 0 aliphatic heterocycles. The van der Waals surface area contributed by atoms with Crippen LogP contribution in [0.1, 0.15) is 16.7 Å². The van der Waals surface area contributed by atoms with E-state index in [0.29, 0.717) is 12.2 Å². The van der Waals surface area contributed by atoms with Crippen LogP contribution in [0.4, 0.5) is 0 Å². The van der Waals surface area contributed by atoms with Crippen molar-refractivity contribution in [2.75, 3.05) is 6.61 Å².